The van der Waals surface area contributed by atoms with Crippen molar-refractivity contribution in [3.8, 4) is 0 Å². The lowest BCUT2D eigenvalue weighted by Gasteiger charge is -2.17. The highest BCUT2D eigenvalue weighted by atomic mass is 32.2. The third-order valence-electron chi connectivity index (χ3n) is 5.21. The number of nitrogens with one attached hydrogen (secondary N) is 1. The molecule has 26 heavy (non-hydrogen) atoms. The molecule has 0 spiro atoms. The van der Waals surface area contributed by atoms with Gasteiger partial charge in [-0.2, -0.15) is 0 Å². The lowest BCUT2D eigenvalue weighted by Crippen LogP contribution is -2.30. The molecule has 1 heterocycles. The molecule has 1 amide bonds. The molecular formula is C20H22N2O3S. The Morgan fingerprint density at radius 3 is 2.54 bits per heavy atom. The Hall–Kier alpha value is -2.34. The SMILES string of the molecule is Cc1ccc(NS(=O)(=O)c2ccc3c(c2)CCN3C(=O)C2CC2)cc1C. The predicted molar refractivity (Wildman–Crippen MR) is 102 cm³/mol. The first kappa shape index (κ1) is 17.1. The molecular weight excluding hydrogens is 348 g/mol. The molecule has 1 aliphatic carbocycles. The van der Waals surface area contributed by atoms with Crippen LogP contribution in [0.5, 0.6) is 0 Å². The molecule has 0 bridgehead atoms. The van der Waals surface area contributed by atoms with E-state index in [9.17, 15) is 13.2 Å². The minimum atomic E-state index is -3.66. The van der Waals surface area contributed by atoms with Crippen LogP contribution in [0.4, 0.5) is 11.4 Å². The summed E-state index contributed by atoms with van der Waals surface area (Å²) in [6, 6.07) is 10.5. The first-order valence-corrected chi connectivity index (χ1v) is 10.4. The van der Waals surface area contributed by atoms with Crippen molar-refractivity contribution >= 4 is 27.3 Å². The van der Waals surface area contributed by atoms with Crippen LogP contribution in [-0.2, 0) is 21.2 Å². The van der Waals surface area contributed by atoms with Crippen molar-refractivity contribution in [1.29, 1.82) is 0 Å². The van der Waals surface area contributed by atoms with Crippen molar-refractivity contribution < 1.29 is 13.2 Å². The standard InChI is InChI=1S/C20H22N2O3S/c1-13-3-6-17(11-14(13)2)21-26(24,25)18-7-8-19-16(12-18)9-10-22(19)20(23)15-4-5-15/h3,6-8,11-12,15,21H,4-5,9-10H2,1-2H3. The molecule has 136 valence electrons. The van der Waals surface area contributed by atoms with Gasteiger partial charge in [-0.3, -0.25) is 9.52 Å². The zero-order chi connectivity index (χ0) is 18.5. The van der Waals surface area contributed by atoms with Crippen molar-refractivity contribution in [2.75, 3.05) is 16.2 Å². The smallest absolute Gasteiger partial charge is 0.261 e. The van der Waals surface area contributed by atoms with E-state index < -0.39 is 10.0 Å². The summed E-state index contributed by atoms with van der Waals surface area (Å²) < 4.78 is 28.1. The molecule has 0 aromatic heterocycles. The van der Waals surface area contributed by atoms with Crippen LogP contribution in [-0.4, -0.2) is 20.9 Å². The fraction of sp³-hybridized carbons (Fsp3) is 0.350. The van der Waals surface area contributed by atoms with Gasteiger partial charge in [-0.05, 0) is 80.1 Å². The van der Waals surface area contributed by atoms with E-state index in [0.29, 0.717) is 18.7 Å². The Morgan fingerprint density at radius 1 is 1.08 bits per heavy atom. The van der Waals surface area contributed by atoms with Crippen LogP contribution in [0.2, 0.25) is 0 Å². The van der Waals surface area contributed by atoms with Crippen LogP contribution < -0.4 is 9.62 Å². The number of hydrogen-bond acceptors (Lipinski definition) is 3. The second kappa shape index (κ2) is 6.13. The van der Waals surface area contributed by atoms with Gasteiger partial charge >= 0.3 is 0 Å². The number of anilines is 2. The Bertz CT molecular complexity index is 994. The average Bonchev–Trinajstić information content (AvgIpc) is 3.36. The Balaban J connectivity index is 1.59. The fourth-order valence-electron chi connectivity index (χ4n) is 3.34. The molecule has 2 aromatic carbocycles. The van der Waals surface area contributed by atoms with Crippen molar-refractivity contribution in [1.82, 2.24) is 0 Å². The molecule has 4 rings (SSSR count). The minimum absolute atomic E-state index is 0.163. The van der Waals surface area contributed by atoms with E-state index in [1.165, 1.54) is 0 Å². The van der Waals surface area contributed by atoms with Crippen molar-refractivity contribution in [3.05, 3.63) is 53.1 Å². The summed E-state index contributed by atoms with van der Waals surface area (Å²) in [5.74, 6) is 0.336. The number of sulfonamides is 1. The normalized spacial score (nSPS) is 16.5. The van der Waals surface area contributed by atoms with Gasteiger partial charge in [-0.25, -0.2) is 8.42 Å². The van der Waals surface area contributed by atoms with Crippen molar-refractivity contribution in [3.63, 3.8) is 0 Å². The summed E-state index contributed by atoms with van der Waals surface area (Å²) in [5.41, 5.74) is 4.48. The quantitative estimate of drug-likeness (QED) is 0.897. The number of rotatable bonds is 4. The average molecular weight is 370 g/mol. The Kier molecular flexibility index (Phi) is 4.03. The largest absolute Gasteiger partial charge is 0.312 e. The van der Waals surface area contributed by atoms with E-state index in [-0.39, 0.29) is 16.7 Å². The van der Waals surface area contributed by atoms with Crippen LogP contribution in [0.15, 0.2) is 41.3 Å². The lowest BCUT2D eigenvalue weighted by molar-refractivity contribution is -0.119. The molecule has 2 aliphatic rings. The summed E-state index contributed by atoms with van der Waals surface area (Å²) in [6.45, 7) is 4.58. The van der Waals surface area contributed by atoms with E-state index in [4.69, 9.17) is 0 Å². The number of fused-ring (bicyclic) bond motifs is 1. The van der Waals surface area contributed by atoms with Crippen molar-refractivity contribution in [2.45, 2.75) is 38.0 Å². The topological polar surface area (TPSA) is 66.5 Å². The van der Waals surface area contributed by atoms with Gasteiger partial charge in [-0.15, -0.1) is 0 Å². The molecule has 5 nitrogen and oxygen atoms in total. The molecule has 6 heteroatoms. The highest BCUT2D eigenvalue weighted by molar-refractivity contribution is 7.92. The monoisotopic (exact) mass is 370 g/mol. The lowest BCUT2D eigenvalue weighted by atomic mass is 10.1. The van der Waals surface area contributed by atoms with Crippen molar-refractivity contribution in [2.24, 2.45) is 5.92 Å². The second-order valence-electron chi connectivity index (χ2n) is 7.21. The molecule has 0 radical (unpaired) electrons. The van der Waals surface area contributed by atoms with Crippen LogP contribution in [0, 0.1) is 19.8 Å². The van der Waals surface area contributed by atoms with E-state index in [2.05, 4.69) is 4.72 Å². The number of carbonyl (C=O) groups excluding carboxylic acids is 1. The molecule has 1 N–H and O–H groups in total. The molecule has 1 aliphatic heterocycles. The zero-order valence-electron chi connectivity index (χ0n) is 15.0. The van der Waals surface area contributed by atoms with Gasteiger partial charge in [-0.1, -0.05) is 6.07 Å². The summed E-state index contributed by atoms with van der Waals surface area (Å²) in [7, 11) is -3.66. The summed E-state index contributed by atoms with van der Waals surface area (Å²) in [5, 5.41) is 0. The summed E-state index contributed by atoms with van der Waals surface area (Å²) in [6.07, 6.45) is 2.63. The van der Waals surface area contributed by atoms with Crippen LogP contribution in [0.3, 0.4) is 0 Å². The van der Waals surface area contributed by atoms with Crippen LogP contribution >= 0.6 is 0 Å². The van der Waals surface area contributed by atoms with E-state index in [1.807, 2.05) is 26.0 Å². The Morgan fingerprint density at radius 2 is 1.85 bits per heavy atom. The highest BCUT2D eigenvalue weighted by Gasteiger charge is 2.36. The first-order chi connectivity index (χ1) is 12.3. The number of nitrogens with zero attached hydrogens (tertiary/aromatic N) is 1. The maximum Gasteiger partial charge on any atom is 0.261 e. The number of hydrogen-bond donors (Lipinski definition) is 1. The number of aryl methyl sites for hydroxylation is 2. The summed E-state index contributed by atoms with van der Waals surface area (Å²) >= 11 is 0. The fourth-order valence-corrected chi connectivity index (χ4v) is 4.44. The predicted octanol–water partition coefficient (Wildman–Crippen LogP) is 3.40. The molecule has 2 aromatic rings. The van der Waals surface area contributed by atoms with E-state index >= 15 is 0 Å². The van der Waals surface area contributed by atoms with E-state index in [0.717, 1.165) is 35.2 Å². The van der Waals surface area contributed by atoms with E-state index in [1.54, 1.807) is 29.2 Å². The van der Waals surface area contributed by atoms with Gasteiger partial charge < -0.3 is 4.90 Å². The third kappa shape index (κ3) is 3.09. The zero-order valence-corrected chi connectivity index (χ0v) is 15.8. The molecule has 0 saturated heterocycles. The summed E-state index contributed by atoms with van der Waals surface area (Å²) in [4.78, 5) is 14.4. The molecule has 0 atom stereocenters. The van der Waals surface area contributed by atoms with Gasteiger partial charge in [0.1, 0.15) is 0 Å². The second-order valence-corrected chi connectivity index (χ2v) is 8.89. The maximum atomic E-state index is 12.7. The Labute approximate surface area is 154 Å². The molecule has 1 saturated carbocycles. The third-order valence-corrected chi connectivity index (χ3v) is 6.59. The van der Waals surface area contributed by atoms with Crippen LogP contribution in [0.1, 0.15) is 29.5 Å². The van der Waals surface area contributed by atoms with Gasteiger partial charge in [0.25, 0.3) is 10.0 Å². The van der Waals surface area contributed by atoms with Gasteiger partial charge in [0.15, 0.2) is 0 Å². The minimum Gasteiger partial charge on any atom is -0.312 e. The molecule has 1 fully saturated rings. The van der Waals surface area contributed by atoms with Gasteiger partial charge in [0, 0.05) is 23.8 Å². The number of carbonyl (C=O) groups is 1. The highest BCUT2D eigenvalue weighted by Crippen LogP contribution is 2.37. The maximum absolute atomic E-state index is 12.7. The van der Waals surface area contributed by atoms with Gasteiger partial charge in [0.2, 0.25) is 5.91 Å². The first-order valence-electron chi connectivity index (χ1n) is 8.89. The molecule has 0 unspecified atom stereocenters. The number of amides is 1. The van der Waals surface area contributed by atoms with Gasteiger partial charge in [0.05, 0.1) is 4.90 Å². The van der Waals surface area contributed by atoms with Crippen LogP contribution in [0.25, 0.3) is 0 Å². The number of benzene rings is 2.